The van der Waals surface area contributed by atoms with Gasteiger partial charge in [-0.05, 0) is 43.5 Å². The minimum absolute atomic E-state index is 0.0740. The van der Waals surface area contributed by atoms with E-state index >= 15 is 0 Å². The summed E-state index contributed by atoms with van der Waals surface area (Å²) in [6.45, 7) is 3.72. The van der Waals surface area contributed by atoms with Gasteiger partial charge in [0.1, 0.15) is 5.78 Å². The van der Waals surface area contributed by atoms with Crippen LogP contribution >= 0.6 is 23.4 Å². The quantitative estimate of drug-likeness (QED) is 0.594. The first kappa shape index (κ1) is 19.8. The third-order valence-electron chi connectivity index (χ3n) is 4.76. The molecule has 1 heterocycles. The molecule has 0 saturated heterocycles. The lowest BCUT2D eigenvalue weighted by molar-refractivity contribution is -0.116. The number of fused-ring (bicyclic) bond motifs is 1. The van der Waals surface area contributed by atoms with E-state index < -0.39 is 0 Å². The number of hydrogen-bond acceptors (Lipinski definition) is 4. The Labute approximate surface area is 169 Å². The van der Waals surface area contributed by atoms with Gasteiger partial charge in [0.05, 0.1) is 16.0 Å². The van der Waals surface area contributed by atoms with Gasteiger partial charge in [0.25, 0.3) is 0 Å². The number of carbonyl (C=O) groups is 2. The van der Waals surface area contributed by atoms with Crippen LogP contribution in [0.5, 0.6) is 0 Å². The van der Waals surface area contributed by atoms with E-state index in [2.05, 4.69) is 6.92 Å². The predicted molar refractivity (Wildman–Crippen MR) is 113 cm³/mol. The van der Waals surface area contributed by atoms with Crippen LogP contribution < -0.4 is 0 Å². The molecule has 0 N–H and O–H groups in total. The Hall–Kier alpha value is -1.91. The van der Waals surface area contributed by atoms with Crippen LogP contribution in [0.3, 0.4) is 0 Å². The van der Waals surface area contributed by atoms with Crippen molar-refractivity contribution in [3.8, 4) is 0 Å². The number of rotatable bonds is 4. The Morgan fingerprint density at radius 2 is 2.00 bits per heavy atom. The predicted octanol–water partition coefficient (Wildman–Crippen LogP) is 6.44. The average molecular weight is 400 g/mol. The lowest BCUT2D eigenvalue weighted by atomic mass is 9.95. The van der Waals surface area contributed by atoms with Crippen LogP contribution in [0.2, 0.25) is 5.02 Å². The van der Waals surface area contributed by atoms with E-state index in [9.17, 15) is 9.59 Å². The second kappa shape index (κ2) is 8.85. The molecule has 2 atom stereocenters. The number of benzene rings is 2. The molecule has 0 saturated carbocycles. The number of hydrogen-bond donors (Lipinski definition) is 0. The van der Waals surface area contributed by atoms with Crippen molar-refractivity contribution in [3.63, 3.8) is 0 Å². The molecule has 5 heteroatoms. The van der Waals surface area contributed by atoms with E-state index in [0.717, 1.165) is 23.4 Å². The first-order valence-corrected chi connectivity index (χ1v) is 10.4. The largest absolute Gasteiger partial charge is 0.298 e. The molecule has 2 aromatic rings. The summed E-state index contributed by atoms with van der Waals surface area (Å²) >= 11 is 7.59. The summed E-state index contributed by atoms with van der Waals surface area (Å²) in [6.07, 6.45) is 2.06. The second-order valence-corrected chi connectivity index (χ2v) is 8.26. The molecule has 1 aliphatic rings. The molecule has 0 aromatic heterocycles. The monoisotopic (exact) mass is 399 g/mol. The van der Waals surface area contributed by atoms with Crippen LogP contribution in [0.4, 0.5) is 5.69 Å². The SMILES string of the molecule is CCC1CCC(=O)c2cc(Cl)ccc2N=C1SC(C(C)=O)c1ccccc1. The fourth-order valence-electron chi connectivity index (χ4n) is 3.24. The zero-order valence-electron chi connectivity index (χ0n) is 15.4. The van der Waals surface area contributed by atoms with Crippen LogP contribution in [-0.2, 0) is 4.79 Å². The van der Waals surface area contributed by atoms with Crippen LogP contribution in [0.25, 0.3) is 0 Å². The zero-order valence-corrected chi connectivity index (χ0v) is 17.0. The first-order chi connectivity index (χ1) is 13.0. The molecule has 1 aliphatic heterocycles. The zero-order chi connectivity index (χ0) is 19.4. The molecule has 2 aromatic carbocycles. The summed E-state index contributed by atoms with van der Waals surface area (Å²) in [4.78, 5) is 29.7. The Balaban J connectivity index is 2.04. The number of halogens is 1. The molecule has 3 rings (SSSR count). The molecule has 0 spiro atoms. The van der Waals surface area contributed by atoms with E-state index in [1.807, 2.05) is 30.3 Å². The number of carbonyl (C=O) groups excluding carboxylic acids is 2. The number of aliphatic imine (C=N–C) groups is 1. The Morgan fingerprint density at radius 1 is 1.26 bits per heavy atom. The van der Waals surface area contributed by atoms with Crippen molar-refractivity contribution in [2.75, 3.05) is 0 Å². The lowest BCUT2D eigenvalue weighted by Gasteiger charge is -2.23. The molecular formula is C22H22ClNO2S. The van der Waals surface area contributed by atoms with Gasteiger partial charge in [-0.1, -0.05) is 60.6 Å². The number of Topliss-reactive ketones (excluding diaryl/α,β-unsaturated/α-hetero) is 2. The summed E-state index contributed by atoms with van der Waals surface area (Å²) < 4.78 is 0. The summed E-state index contributed by atoms with van der Waals surface area (Å²) in [6, 6.07) is 15.0. The minimum Gasteiger partial charge on any atom is -0.298 e. The van der Waals surface area contributed by atoms with Gasteiger partial charge in [-0.3, -0.25) is 9.59 Å². The van der Waals surface area contributed by atoms with Gasteiger partial charge < -0.3 is 0 Å². The van der Waals surface area contributed by atoms with E-state index in [1.165, 1.54) is 11.8 Å². The highest BCUT2D eigenvalue weighted by molar-refractivity contribution is 8.14. The van der Waals surface area contributed by atoms with Crippen LogP contribution in [0, 0.1) is 5.92 Å². The number of ketones is 2. The van der Waals surface area contributed by atoms with Crippen LogP contribution in [0.15, 0.2) is 53.5 Å². The highest BCUT2D eigenvalue weighted by atomic mass is 35.5. The normalized spacial score (nSPS) is 18.1. The van der Waals surface area contributed by atoms with Crippen molar-refractivity contribution in [2.45, 2.75) is 38.4 Å². The van der Waals surface area contributed by atoms with Crippen LogP contribution in [-0.4, -0.2) is 16.6 Å². The highest BCUT2D eigenvalue weighted by Gasteiger charge is 2.27. The van der Waals surface area contributed by atoms with Gasteiger partial charge >= 0.3 is 0 Å². The molecule has 0 amide bonds. The van der Waals surface area contributed by atoms with Gasteiger partial charge in [0.2, 0.25) is 0 Å². The molecule has 0 bridgehead atoms. The molecule has 0 aliphatic carbocycles. The maximum Gasteiger partial charge on any atom is 0.165 e. The first-order valence-electron chi connectivity index (χ1n) is 9.13. The molecule has 3 nitrogen and oxygen atoms in total. The summed E-state index contributed by atoms with van der Waals surface area (Å²) in [5, 5.41) is 1.15. The van der Waals surface area contributed by atoms with Gasteiger partial charge in [-0.25, -0.2) is 4.99 Å². The van der Waals surface area contributed by atoms with Crippen molar-refractivity contribution in [1.82, 2.24) is 0 Å². The Morgan fingerprint density at radius 3 is 2.67 bits per heavy atom. The van der Waals surface area contributed by atoms with Gasteiger partial charge in [-0.2, -0.15) is 0 Å². The van der Waals surface area contributed by atoms with Crippen molar-refractivity contribution >= 4 is 45.7 Å². The van der Waals surface area contributed by atoms with E-state index in [4.69, 9.17) is 16.6 Å². The second-order valence-electron chi connectivity index (χ2n) is 6.70. The molecule has 140 valence electrons. The smallest absolute Gasteiger partial charge is 0.165 e. The number of nitrogens with zero attached hydrogens (tertiary/aromatic N) is 1. The van der Waals surface area contributed by atoms with Crippen molar-refractivity contribution in [1.29, 1.82) is 0 Å². The van der Waals surface area contributed by atoms with Crippen molar-refractivity contribution < 1.29 is 9.59 Å². The van der Waals surface area contributed by atoms with Gasteiger partial charge in [0.15, 0.2) is 5.78 Å². The van der Waals surface area contributed by atoms with Crippen molar-refractivity contribution in [2.24, 2.45) is 10.9 Å². The van der Waals surface area contributed by atoms with Gasteiger partial charge in [0, 0.05) is 22.9 Å². The van der Waals surface area contributed by atoms with Crippen LogP contribution in [0.1, 0.15) is 54.3 Å². The van der Waals surface area contributed by atoms with E-state index in [0.29, 0.717) is 22.7 Å². The Kier molecular flexibility index (Phi) is 6.51. The van der Waals surface area contributed by atoms with Crippen molar-refractivity contribution in [3.05, 3.63) is 64.7 Å². The molecule has 0 radical (unpaired) electrons. The topological polar surface area (TPSA) is 46.5 Å². The molecular weight excluding hydrogens is 378 g/mol. The molecule has 27 heavy (non-hydrogen) atoms. The maximum atomic E-state index is 12.5. The highest BCUT2D eigenvalue weighted by Crippen LogP contribution is 2.39. The summed E-state index contributed by atoms with van der Waals surface area (Å²) in [7, 11) is 0. The third kappa shape index (κ3) is 4.69. The maximum absolute atomic E-state index is 12.5. The molecule has 2 unspecified atom stereocenters. The van der Waals surface area contributed by atoms with Gasteiger partial charge in [-0.15, -0.1) is 0 Å². The molecule has 0 fully saturated rings. The fourth-order valence-corrected chi connectivity index (χ4v) is 4.74. The summed E-state index contributed by atoms with van der Waals surface area (Å²) in [5.74, 6) is 0.330. The van der Waals surface area contributed by atoms with E-state index in [-0.39, 0.29) is 22.7 Å². The fraction of sp³-hybridized carbons (Fsp3) is 0.318. The average Bonchev–Trinajstić information content (AvgIpc) is 2.66. The summed E-state index contributed by atoms with van der Waals surface area (Å²) in [5.41, 5.74) is 2.18. The number of thioether (sulfide) groups is 1. The Bertz CT molecular complexity index is 879. The lowest BCUT2D eigenvalue weighted by Crippen LogP contribution is -2.18. The third-order valence-corrected chi connectivity index (χ3v) is 6.50. The minimum atomic E-state index is -0.301. The van der Waals surface area contributed by atoms with E-state index in [1.54, 1.807) is 25.1 Å². The standard InChI is InChI=1S/C22H22ClNO2S/c1-3-15-9-12-20(26)18-13-17(23)10-11-19(18)24-22(15)27-21(14(2)25)16-7-5-4-6-8-16/h4-8,10-11,13,15,21H,3,9,12H2,1-2H3.